The fourth-order valence-electron chi connectivity index (χ4n) is 3.36. The topological polar surface area (TPSA) is 49.2 Å². The summed E-state index contributed by atoms with van der Waals surface area (Å²) in [4.78, 5) is 3.50. The maximum atomic E-state index is 13.9. The van der Waals surface area contributed by atoms with E-state index in [1.54, 1.807) is 13.0 Å². The van der Waals surface area contributed by atoms with Gasteiger partial charge in [0.05, 0.1) is 23.5 Å². The van der Waals surface area contributed by atoms with Crippen molar-refractivity contribution in [3.63, 3.8) is 0 Å². The van der Waals surface area contributed by atoms with Crippen molar-refractivity contribution in [2.75, 3.05) is 6.61 Å². The van der Waals surface area contributed by atoms with Gasteiger partial charge in [-0.3, -0.25) is 4.98 Å². The number of halogens is 3. The van der Waals surface area contributed by atoms with Gasteiger partial charge in [-0.25, -0.2) is 13.5 Å². The lowest BCUT2D eigenvalue weighted by atomic mass is 10.1. The summed E-state index contributed by atoms with van der Waals surface area (Å²) in [6.45, 7) is 2.35. The molecule has 5 nitrogen and oxygen atoms in total. The summed E-state index contributed by atoms with van der Waals surface area (Å²) in [7, 11) is 0. The average molecular weight is 485 g/mol. The molecule has 2 unspecified atom stereocenters. The van der Waals surface area contributed by atoms with Gasteiger partial charge in [0.1, 0.15) is 15.6 Å². The molecule has 27 heavy (non-hydrogen) atoms. The first-order chi connectivity index (χ1) is 13.0. The number of benzene rings is 1. The Morgan fingerprint density at radius 1 is 1.26 bits per heavy atom. The normalized spacial score (nSPS) is 18.6. The molecule has 1 aliphatic rings. The highest BCUT2D eigenvalue weighted by molar-refractivity contribution is 14.1. The molecule has 0 spiro atoms. The number of fused-ring (bicyclic) bond motifs is 1. The van der Waals surface area contributed by atoms with Gasteiger partial charge in [0.15, 0.2) is 17.9 Å². The molecule has 2 atom stereocenters. The second-order valence-electron chi connectivity index (χ2n) is 6.51. The molecule has 0 N–H and O–H groups in total. The first-order valence-corrected chi connectivity index (χ1v) is 9.87. The Kier molecular flexibility index (Phi) is 5.27. The van der Waals surface area contributed by atoms with Crippen LogP contribution >= 0.6 is 22.6 Å². The number of ether oxygens (including phenoxy) is 2. The molecule has 0 radical (unpaired) electrons. The molecule has 1 saturated heterocycles. The molecule has 3 heterocycles. The molecule has 1 aliphatic heterocycles. The van der Waals surface area contributed by atoms with Gasteiger partial charge in [0.2, 0.25) is 0 Å². The lowest BCUT2D eigenvalue weighted by Gasteiger charge is -2.23. The van der Waals surface area contributed by atoms with Gasteiger partial charge in [0, 0.05) is 12.0 Å². The van der Waals surface area contributed by atoms with Crippen LogP contribution in [0.15, 0.2) is 30.6 Å². The van der Waals surface area contributed by atoms with E-state index in [1.165, 1.54) is 0 Å². The number of nitrogens with zero attached hydrogens (tertiary/aromatic N) is 3. The SMILES string of the molecule is CC(Oc1ccc2c(c1)c(I)nn2C1CCCCO1)c1c(F)cncc1F. The lowest BCUT2D eigenvalue weighted by molar-refractivity contribution is -0.0368. The highest BCUT2D eigenvalue weighted by Crippen LogP contribution is 2.32. The highest BCUT2D eigenvalue weighted by atomic mass is 127. The molecule has 142 valence electrons. The summed E-state index contributed by atoms with van der Waals surface area (Å²) >= 11 is 2.18. The first kappa shape index (κ1) is 18.5. The van der Waals surface area contributed by atoms with E-state index in [9.17, 15) is 8.78 Å². The second-order valence-corrected chi connectivity index (χ2v) is 7.53. The maximum absolute atomic E-state index is 13.9. The molecule has 0 bridgehead atoms. The van der Waals surface area contributed by atoms with Crippen LogP contribution in [-0.4, -0.2) is 21.4 Å². The van der Waals surface area contributed by atoms with Crippen molar-refractivity contribution in [1.29, 1.82) is 0 Å². The first-order valence-electron chi connectivity index (χ1n) is 8.79. The Hall–Kier alpha value is -1.81. The molecule has 1 aromatic carbocycles. The van der Waals surface area contributed by atoms with Crippen LogP contribution in [0.4, 0.5) is 8.78 Å². The third kappa shape index (κ3) is 3.64. The third-order valence-corrected chi connectivity index (χ3v) is 5.47. The molecule has 0 amide bonds. The largest absolute Gasteiger partial charge is 0.486 e. The average Bonchev–Trinajstić information content (AvgIpc) is 2.99. The van der Waals surface area contributed by atoms with E-state index in [2.05, 4.69) is 32.7 Å². The van der Waals surface area contributed by atoms with E-state index in [0.717, 1.165) is 52.9 Å². The molecule has 2 aromatic heterocycles. The van der Waals surface area contributed by atoms with Gasteiger partial charge < -0.3 is 9.47 Å². The quantitative estimate of drug-likeness (QED) is 0.480. The minimum Gasteiger partial charge on any atom is -0.486 e. The molecule has 1 fully saturated rings. The van der Waals surface area contributed by atoms with Gasteiger partial charge >= 0.3 is 0 Å². The van der Waals surface area contributed by atoms with E-state index in [4.69, 9.17) is 9.47 Å². The lowest BCUT2D eigenvalue weighted by Crippen LogP contribution is -2.19. The Labute approximate surface area is 168 Å². The fraction of sp³-hybridized carbons (Fsp3) is 0.368. The zero-order chi connectivity index (χ0) is 19.0. The second kappa shape index (κ2) is 7.67. The molecule has 4 rings (SSSR count). The van der Waals surface area contributed by atoms with Crippen molar-refractivity contribution in [3.05, 3.63) is 51.5 Å². The van der Waals surface area contributed by atoms with E-state index in [1.807, 2.05) is 16.8 Å². The zero-order valence-electron chi connectivity index (χ0n) is 14.7. The van der Waals surface area contributed by atoms with Crippen LogP contribution in [0.3, 0.4) is 0 Å². The number of hydrogen-bond acceptors (Lipinski definition) is 4. The van der Waals surface area contributed by atoms with Crippen LogP contribution in [0.5, 0.6) is 5.75 Å². The number of rotatable bonds is 4. The van der Waals surface area contributed by atoms with E-state index < -0.39 is 17.7 Å². The van der Waals surface area contributed by atoms with Gasteiger partial charge in [-0.2, -0.15) is 5.10 Å². The fourth-order valence-corrected chi connectivity index (χ4v) is 4.03. The molecular weight excluding hydrogens is 467 g/mol. The van der Waals surface area contributed by atoms with Gasteiger partial charge in [-0.15, -0.1) is 0 Å². The van der Waals surface area contributed by atoms with Crippen molar-refractivity contribution in [2.45, 2.75) is 38.5 Å². The standard InChI is InChI=1S/C19H18F2IN3O2/c1-11(18-14(20)9-23-10-15(18)21)27-12-5-6-16-13(8-12)19(22)24-25(16)17-4-2-3-7-26-17/h5-6,8-11,17H,2-4,7H2,1H3. The number of aromatic nitrogens is 3. The summed E-state index contributed by atoms with van der Waals surface area (Å²) in [6.07, 6.45) is 4.24. The molecule has 0 aliphatic carbocycles. The van der Waals surface area contributed by atoms with Crippen LogP contribution in [-0.2, 0) is 4.74 Å². The molecule has 0 saturated carbocycles. The van der Waals surface area contributed by atoms with Gasteiger partial charge in [0.25, 0.3) is 0 Å². The van der Waals surface area contributed by atoms with Crippen LogP contribution in [0.25, 0.3) is 10.9 Å². The van der Waals surface area contributed by atoms with Crippen LogP contribution < -0.4 is 4.74 Å². The zero-order valence-corrected chi connectivity index (χ0v) is 16.8. The Bertz CT molecular complexity index is 953. The predicted octanol–water partition coefficient (Wildman–Crippen LogP) is 5.15. The molecule has 3 aromatic rings. The van der Waals surface area contributed by atoms with E-state index >= 15 is 0 Å². The third-order valence-electron chi connectivity index (χ3n) is 4.67. The summed E-state index contributed by atoms with van der Waals surface area (Å²) in [5, 5.41) is 5.54. The van der Waals surface area contributed by atoms with Crippen molar-refractivity contribution < 1.29 is 18.3 Å². The van der Waals surface area contributed by atoms with E-state index in [-0.39, 0.29) is 11.8 Å². The maximum Gasteiger partial charge on any atom is 0.151 e. The molecule has 8 heteroatoms. The summed E-state index contributed by atoms with van der Waals surface area (Å²) < 4.78 is 42.2. The van der Waals surface area contributed by atoms with Crippen molar-refractivity contribution in [1.82, 2.24) is 14.8 Å². The minimum absolute atomic E-state index is 0.0598. The summed E-state index contributed by atoms with van der Waals surface area (Å²) in [6, 6.07) is 5.54. The Balaban J connectivity index is 1.63. The predicted molar refractivity (Wildman–Crippen MR) is 104 cm³/mol. The van der Waals surface area contributed by atoms with Crippen LogP contribution in [0.2, 0.25) is 0 Å². The van der Waals surface area contributed by atoms with Crippen LogP contribution in [0, 0.1) is 15.3 Å². The van der Waals surface area contributed by atoms with Gasteiger partial charge in [-0.05, 0) is 67.0 Å². The van der Waals surface area contributed by atoms with Crippen molar-refractivity contribution >= 4 is 33.5 Å². The smallest absolute Gasteiger partial charge is 0.151 e. The summed E-state index contributed by atoms with van der Waals surface area (Å²) in [5.41, 5.74) is 0.818. The molecular formula is C19H18F2IN3O2. The Morgan fingerprint density at radius 2 is 2.04 bits per heavy atom. The van der Waals surface area contributed by atoms with Gasteiger partial charge in [-0.1, -0.05) is 0 Å². The highest BCUT2D eigenvalue weighted by Gasteiger charge is 2.22. The number of hydrogen-bond donors (Lipinski definition) is 0. The summed E-state index contributed by atoms with van der Waals surface area (Å²) in [5.74, 6) is -0.923. The van der Waals surface area contributed by atoms with Crippen LogP contribution in [0.1, 0.15) is 44.1 Å². The van der Waals surface area contributed by atoms with Crippen molar-refractivity contribution in [3.8, 4) is 5.75 Å². The van der Waals surface area contributed by atoms with E-state index in [0.29, 0.717) is 5.75 Å². The van der Waals surface area contributed by atoms with Crippen molar-refractivity contribution in [2.24, 2.45) is 0 Å². The number of pyridine rings is 1. The minimum atomic E-state index is -0.792. The Morgan fingerprint density at radius 3 is 2.74 bits per heavy atom. The monoisotopic (exact) mass is 485 g/mol.